The minimum Gasteiger partial charge on any atom is -0.491 e. The van der Waals surface area contributed by atoms with Gasteiger partial charge in [0, 0.05) is 22.9 Å². The van der Waals surface area contributed by atoms with Gasteiger partial charge in [0.1, 0.15) is 5.75 Å². The quantitative estimate of drug-likeness (QED) is 0.479. The molecule has 3 N–H and O–H groups in total. The summed E-state index contributed by atoms with van der Waals surface area (Å²) in [5.41, 5.74) is 7.62. The maximum Gasteiger partial charge on any atom is 0.272 e. The largest absolute Gasteiger partial charge is 0.491 e. The van der Waals surface area contributed by atoms with Gasteiger partial charge in [0.05, 0.1) is 17.2 Å². The molecule has 0 saturated carbocycles. The molecule has 0 aromatic heterocycles. The van der Waals surface area contributed by atoms with E-state index >= 15 is 0 Å². The number of nitrogens with two attached hydrogens (primary N) is 1. The number of nitrogens with one attached hydrogen (secondary N) is 1. The average molecular weight is 329 g/mol. The van der Waals surface area contributed by atoms with E-state index in [0.717, 1.165) is 6.42 Å². The monoisotopic (exact) mass is 329 g/mol. The van der Waals surface area contributed by atoms with Crippen molar-refractivity contribution in [3.63, 3.8) is 0 Å². The van der Waals surface area contributed by atoms with E-state index in [1.54, 1.807) is 31.2 Å². The van der Waals surface area contributed by atoms with Crippen molar-refractivity contribution < 1.29 is 14.5 Å². The fourth-order valence-corrected chi connectivity index (χ4v) is 2.17. The number of ether oxygens (including phenoxy) is 1. The van der Waals surface area contributed by atoms with Crippen LogP contribution in [0.2, 0.25) is 0 Å². The van der Waals surface area contributed by atoms with Gasteiger partial charge in [0.15, 0.2) is 0 Å². The van der Waals surface area contributed by atoms with E-state index in [1.807, 2.05) is 6.92 Å². The molecule has 0 aliphatic heterocycles. The highest BCUT2D eigenvalue weighted by molar-refractivity contribution is 6.05. The molecule has 7 nitrogen and oxygen atoms in total. The SMILES string of the molecule is CCCOc1ccc(C(=O)Nc2ccc([N+](=O)[O-])c(C)c2)cc1N. The number of carbonyl (C=O) groups excluding carboxylic acids is 1. The van der Waals surface area contributed by atoms with Crippen LogP contribution in [0, 0.1) is 17.0 Å². The van der Waals surface area contributed by atoms with Crippen LogP contribution >= 0.6 is 0 Å². The summed E-state index contributed by atoms with van der Waals surface area (Å²) in [6, 6.07) is 9.22. The molecule has 126 valence electrons. The normalized spacial score (nSPS) is 10.2. The van der Waals surface area contributed by atoms with Crippen LogP contribution in [-0.4, -0.2) is 17.4 Å². The van der Waals surface area contributed by atoms with Crippen LogP contribution in [0.5, 0.6) is 5.75 Å². The Labute approximate surface area is 139 Å². The topological polar surface area (TPSA) is 107 Å². The van der Waals surface area contributed by atoms with E-state index in [-0.39, 0.29) is 11.6 Å². The molecule has 2 rings (SSSR count). The standard InChI is InChI=1S/C17H19N3O4/c1-3-8-24-16-7-4-12(10-14(16)18)17(21)19-13-5-6-15(20(22)23)11(2)9-13/h4-7,9-10H,3,8,18H2,1-2H3,(H,19,21). The maximum absolute atomic E-state index is 12.3. The molecule has 0 bridgehead atoms. The lowest BCUT2D eigenvalue weighted by atomic mass is 10.1. The fraction of sp³-hybridized carbons (Fsp3) is 0.235. The van der Waals surface area contributed by atoms with Crippen LogP contribution in [-0.2, 0) is 0 Å². The molecular weight excluding hydrogens is 310 g/mol. The predicted molar refractivity (Wildman–Crippen MR) is 92.4 cm³/mol. The number of hydrogen-bond donors (Lipinski definition) is 2. The number of nitrogen functional groups attached to an aromatic ring is 1. The Hall–Kier alpha value is -3.09. The van der Waals surface area contributed by atoms with Gasteiger partial charge in [-0.05, 0) is 43.7 Å². The summed E-state index contributed by atoms with van der Waals surface area (Å²) in [4.78, 5) is 22.6. The highest BCUT2D eigenvalue weighted by Gasteiger charge is 2.13. The van der Waals surface area contributed by atoms with Crippen molar-refractivity contribution >= 4 is 23.0 Å². The van der Waals surface area contributed by atoms with E-state index in [4.69, 9.17) is 10.5 Å². The highest BCUT2D eigenvalue weighted by Crippen LogP contribution is 2.25. The van der Waals surface area contributed by atoms with E-state index < -0.39 is 4.92 Å². The van der Waals surface area contributed by atoms with Crippen molar-refractivity contribution in [1.82, 2.24) is 0 Å². The highest BCUT2D eigenvalue weighted by atomic mass is 16.6. The van der Waals surface area contributed by atoms with Crippen LogP contribution in [0.25, 0.3) is 0 Å². The van der Waals surface area contributed by atoms with Crippen molar-refractivity contribution in [2.75, 3.05) is 17.7 Å². The first-order valence-electron chi connectivity index (χ1n) is 7.51. The Morgan fingerprint density at radius 2 is 2.04 bits per heavy atom. The molecule has 0 heterocycles. The van der Waals surface area contributed by atoms with Gasteiger partial charge in [-0.2, -0.15) is 0 Å². The molecular formula is C17H19N3O4. The number of aryl methyl sites for hydroxylation is 1. The van der Waals surface area contributed by atoms with Crippen LogP contribution < -0.4 is 15.8 Å². The number of hydrogen-bond acceptors (Lipinski definition) is 5. The minimum atomic E-state index is -0.462. The number of benzene rings is 2. The fourth-order valence-electron chi connectivity index (χ4n) is 2.17. The molecule has 24 heavy (non-hydrogen) atoms. The molecule has 7 heteroatoms. The van der Waals surface area contributed by atoms with Crippen molar-refractivity contribution in [2.45, 2.75) is 20.3 Å². The molecule has 0 aliphatic rings. The number of amides is 1. The number of anilines is 2. The summed E-state index contributed by atoms with van der Waals surface area (Å²) < 4.78 is 5.47. The molecule has 0 radical (unpaired) electrons. The lowest BCUT2D eigenvalue weighted by Gasteiger charge is -2.10. The van der Waals surface area contributed by atoms with Crippen molar-refractivity contribution in [3.8, 4) is 5.75 Å². The Balaban J connectivity index is 2.13. The Morgan fingerprint density at radius 3 is 2.62 bits per heavy atom. The first-order valence-corrected chi connectivity index (χ1v) is 7.51. The summed E-state index contributed by atoms with van der Waals surface area (Å²) in [6.07, 6.45) is 0.862. The molecule has 2 aromatic carbocycles. The van der Waals surface area contributed by atoms with Crippen LogP contribution in [0.15, 0.2) is 36.4 Å². The summed E-state index contributed by atoms with van der Waals surface area (Å²) in [6.45, 7) is 4.16. The summed E-state index contributed by atoms with van der Waals surface area (Å²) in [7, 11) is 0. The van der Waals surface area contributed by atoms with Gasteiger partial charge in [-0.3, -0.25) is 14.9 Å². The van der Waals surface area contributed by atoms with Gasteiger partial charge in [-0.25, -0.2) is 0 Å². The molecule has 0 aliphatic carbocycles. The molecule has 1 amide bonds. The summed E-state index contributed by atoms with van der Waals surface area (Å²) in [5.74, 6) is 0.191. The average Bonchev–Trinajstić information content (AvgIpc) is 2.53. The van der Waals surface area contributed by atoms with Crippen molar-refractivity contribution in [1.29, 1.82) is 0 Å². The number of nitro groups is 1. The van der Waals surface area contributed by atoms with Gasteiger partial charge in [0.25, 0.3) is 11.6 Å². The second-order valence-corrected chi connectivity index (χ2v) is 5.31. The summed E-state index contributed by atoms with van der Waals surface area (Å²) >= 11 is 0. The number of rotatable bonds is 6. The third kappa shape index (κ3) is 4.01. The molecule has 0 spiro atoms. The zero-order valence-corrected chi connectivity index (χ0v) is 13.5. The second-order valence-electron chi connectivity index (χ2n) is 5.31. The number of nitro benzene ring substituents is 1. The molecule has 0 unspecified atom stereocenters. The Bertz CT molecular complexity index is 774. The van der Waals surface area contributed by atoms with Crippen molar-refractivity contribution in [3.05, 3.63) is 57.6 Å². The lowest BCUT2D eigenvalue weighted by Crippen LogP contribution is -2.12. The first-order chi connectivity index (χ1) is 11.4. The predicted octanol–water partition coefficient (Wildman–Crippen LogP) is 3.53. The third-order valence-corrected chi connectivity index (χ3v) is 3.39. The van der Waals surface area contributed by atoms with Crippen LogP contribution in [0.3, 0.4) is 0 Å². The molecule has 0 atom stereocenters. The Morgan fingerprint density at radius 1 is 1.29 bits per heavy atom. The van der Waals surface area contributed by atoms with Gasteiger partial charge in [-0.1, -0.05) is 6.92 Å². The number of nitrogens with zero attached hydrogens (tertiary/aromatic N) is 1. The van der Waals surface area contributed by atoms with Crippen molar-refractivity contribution in [2.24, 2.45) is 0 Å². The van der Waals surface area contributed by atoms with E-state index in [0.29, 0.717) is 34.9 Å². The Kier molecular flexibility index (Phi) is 5.36. The van der Waals surface area contributed by atoms with E-state index in [1.165, 1.54) is 12.1 Å². The molecule has 0 fully saturated rings. The van der Waals surface area contributed by atoms with Gasteiger partial charge < -0.3 is 15.8 Å². The van der Waals surface area contributed by atoms with Gasteiger partial charge in [-0.15, -0.1) is 0 Å². The maximum atomic E-state index is 12.3. The van der Waals surface area contributed by atoms with Gasteiger partial charge in [0.2, 0.25) is 0 Å². The summed E-state index contributed by atoms with van der Waals surface area (Å²) in [5, 5.41) is 13.5. The second kappa shape index (κ2) is 7.45. The van der Waals surface area contributed by atoms with Crippen LogP contribution in [0.4, 0.5) is 17.1 Å². The first kappa shape index (κ1) is 17.3. The van der Waals surface area contributed by atoms with E-state index in [2.05, 4.69) is 5.32 Å². The smallest absolute Gasteiger partial charge is 0.272 e. The zero-order valence-electron chi connectivity index (χ0n) is 13.5. The molecule has 2 aromatic rings. The van der Waals surface area contributed by atoms with E-state index in [9.17, 15) is 14.9 Å². The minimum absolute atomic E-state index is 0.00895. The zero-order chi connectivity index (χ0) is 17.7. The van der Waals surface area contributed by atoms with Crippen LogP contribution in [0.1, 0.15) is 29.3 Å². The lowest BCUT2D eigenvalue weighted by molar-refractivity contribution is -0.385. The third-order valence-electron chi connectivity index (χ3n) is 3.39. The molecule has 0 saturated heterocycles. The van der Waals surface area contributed by atoms with Gasteiger partial charge >= 0.3 is 0 Å². The number of carbonyl (C=O) groups is 1.